The Morgan fingerprint density at radius 3 is 2.73 bits per heavy atom. The summed E-state index contributed by atoms with van der Waals surface area (Å²) < 4.78 is 5.23. The monoisotopic (exact) mass is 223 g/mol. The number of hydrogen-bond donors (Lipinski definition) is 0. The van der Waals surface area contributed by atoms with Gasteiger partial charge in [-0.2, -0.15) is 5.26 Å². The van der Waals surface area contributed by atoms with Gasteiger partial charge in [0.1, 0.15) is 5.75 Å². The third kappa shape index (κ3) is 2.48. The van der Waals surface area contributed by atoms with E-state index in [1.54, 1.807) is 0 Å². The van der Waals surface area contributed by atoms with Crippen LogP contribution in [-0.2, 0) is 0 Å². The van der Waals surface area contributed by atoms with Crippen LogP contribution in [0.5, 0.6) is 5.75 Å². The largest absolute Gasteiger partial charge is 0.492 e. The lowest BCUT2D eigenvalue weighted by Crippen LogP contribution is -1.99. The molecule has 1 aromatic carbocycles. The zero-order valence-electron chi connectivity index (χ0n) is 8.50. The first-order valence-corrected chi connectivity index (χ1v) is 4.85. The molecule has 1 rings (SSSR count). The average molecular weight is 224 g/mol. The fraction of sp³-hybridized carbons (Fsp3) is 0.273. The van der Waals surface area contributed by atoms with Crippen LogP contribution < -0.4 is 4.74 Å². The van der Waals surface area contributed by atoms with E-state index in [0.717, 1.165) is 0 Å². The molecular weight excluding hydrogens is 214 g/mol. The summed E-state index contributed by atoms with van der Waals surface area (Å²) in [5.74, 6) is 0.196. The Kier molecular flexibility index (Phi) is 3.70. The molecule has 0 radical (unpaired) electrons. The van der Waals surface area contributed by atoms with Gasteiger partial charge in [-0.25, -0.2) is 0 Å². The number of hydrogen-bond acceptors (Lipinski definition) is 3. The van der Waals surface area contributed by atoms with Crippen LogP contribution in [0.25, 0.3) is 0 Å². The van der Waals surface area contributed by atoms with Gasteiger partial charge in [0, 0.05) is 5.56 Å². The van der Waals surface area contributed by atoms with Crippen LogP contribution in [-0.4, -0.2) is 12.4 Å². The van der Waals surface area contributed by atoms with Gasteiger partial charge in [-0.15, -0.1) is 0 Å². The molecule has 0 bridgehead atoms. The van der Waals surface area contributed by atoms with Crippen LogP contribution in [0, 0.1) is 11.3 Å². The molecule has 0 heterocycles. The Morgan fingerprint density at radius 1 is 1.60 bits per heavy atom. The Balaban J connectivity index is 3.35. The number of Topliss-reactive ketones (excluding diaryl/α,β-unsaturated/α-hetero) is 1. The van der Waals surface area contributed by atoms with Gasteiger partial charge in [0.15, 0.2) is 5.78 Å². The average Bonchev–Trinajstić information content (AvgIpc) is 2.21. The van der Waals surface area contributed by atoms with Crippen molar-refractivity contribution < 1.29 is 9.53 Å². The molecule has 15 heavy (non-hydrogen) atoms. The summed E-state index contributed by atoms with van der Waals surface area (Å²) in [5.41, 5.74) is 0.687. The lowest BCUT2D eigenvalue weighted by Gasteiger charge is -2.08. The molecule has 1 aromatic rings. The Labute approximate surface area is 93.2 Å². The molecule has 0 saturated carbocycles. The molecule has 0 unspecified atom stereocenters. The second kappa shape index (κ2) is 4.81. The van der Waals surface area contributed by atoms with Crippen LogP contribution in [0.3, 0.4) is 0 Å². The van der Waals surface area contributed by atoms with Crippen molar-refractivity contribution >= 4 is 17.4 Å². The van der Waals surface area contributed by atoms with E-state index in [0.29, 0.717) is 23.5 Å². The summed E-state index contributed by atoms with van der Waals surface area (Å²) in [4.78, 5) is 11.2. The van der Waals surface area contributed by atoms with Gasteiger partial charge < -0.3 is 4.74 Å². The molecule has 0 spiro atoms. The highest BCUT2D eigenvalue weighted by Crippen LogP contribution is 2.30. The van der Waals surface area contributed by atoms with Gasteiger partial charge in [0.25, 0.3) is 0 Å². The Bertz CT molecular complexity index is 435. The van der Waals surface area contributed by atoms with Crippen molar-refractivity contribution in [3.05, 3.63) is 28.3 Å². The Morgan fingerprint density at radius 2 is 2.27 bits per heavy atom. The molecule has 0 N–H and O–H groups in total. The fourth-order valence-corrected chi connectivity index (χ4v) is 1.48. The minimum absolute atomic E-state index is 0.182. The highest BCUT2D eigenvalue weighted by molar-refractivity contribution is 6.35. The minimum atomic E-state index is -0.182. The van der Waals surface area contributed by atoms with Crippen molar-refractivity contribution in [1.82, 2.24) is 0 Å². The van der Waals surface area contributed by atoms with Crippen molar-refractivity contribution in [3.8, 4) is 11.8 Å². The van der Waals surface area contributed by atoms with Gasteiger partial charge in [-0.05, 0) is 26.0 Å². The van der Waals surface area contributed by atoms with E-state index in [2.05, 4.69) is 0 Å². The first-order valence-electron chi connectivity index (χ1n) is 4.47. The number of benzene rings is 1. The Hall–Kier alpha value is -1.53. The highest BCUT2D eigenvalue weighted by Gasteiger charge is 2.13. The van der Waals surface area contributed by atoms with Gasteiger partial charge in [0.05, 0.1) is 23.3 Å². The second-order valence-corrected chi connectivity index (χ2v) is 3.31. The minimum Gasteiger partial charge on any atom is -0.492 e. The zero-order valence-corrected chi connectivity index (χ0v) is 9.26. The van der Waals surface area contributed by atoms with Crippen LogP contribution in [0.15, 0.2) is 12.1 Å². The van der Waals surface area contributed by atoms with E-state index in [4.69, 9.17) is 21.6 Å². The van der Waals surface area contributed by atoms with E-state index in [1.807, 2.05) is 13.0 Å². The predicted molar refractivity (Wildman–Crippen MR) is 57.3 cm³/mol. The number of carbonyl (C=O) groups is 1. The molecule has 0 aromatic heterocycles. The number of nitrogens with zero attached hydrogens (tertiary/aromatic N) is 1. The molecule has 0 aliphatic carbocycles. The molecule has 0 aliphatic heterocycles. The van der Waals surface area contributed by atoms with Crippen LogP contribution in [0.4, 0.5) is 0 Å². The van der Waals surface area contributed by atoms with Crippen molar-refractivity contribution in [3.63, 3.8) is 0 Å². The summed E-state index contributed by atoms with van der Waals surface area (Å²) in [6.07, 6.45) is 0. The van der Waals surface area contributed by atoms with Gasteiger partial charge in [0.2, 0.25) is 0 Å². The number of ketones is 1. The first kappa shape index (κ1) is 11.5. The third-order valence-electron chi connectivity index (χ3n) is 1.85. The van der Waals surface area contributed by atoms with Gasteiger partial charge in [-0.1, -0.05) is 11.6 Å². The highest BCUT2D eigenvalue weighted by atomic mass is 35.5. The first-order chi connectivity index (χ1) is 7.10. The van der Waals surface area contributed by atoms with Gasteiger partial charge >= 0.3 is 0 Å². The normalized spacial score (nSPS) is 9.47. The van der Waals surface area contributed by atoms with E-state index in [9.17, 15) is 4.79 Å². The summed E-state index contributed by atoms with van der Waals surface area (Å²) >= 11 is 5.96. The summed E-state index contributed by atoms with van der Waals surface area (Å²) in [7, 11) is 0. The topological polar surface area (TPSA) is 50.1 Å². The molecule has 0 aliphatic rings. The fourth-order valence-electron chi connectivity index (χ4n) is 1.18. The van der Waals surface area contributed by atoms with Crippen molar-refractivity contribution in [2.45, 2.75) is 13.8 Å². The van der Waals surface area contributed by atoms with Crippen molar-refractivity contribution in [2.75, 3.05) is 6.61 Å². The summed E-state index contributed by atoms with van der Waals surface area (Å²) in [6.45, 7) is 3.65. The number of ether oxygens (including phenoxy) is 1. The maximum absolute atomic E-state index is 11.2. The van der Waals surface area contributed by atoms with Crippen molar-refractivity contribution in [1.29, 1.82) is 5.26 Å². The van der Waals surface area contributed by atoms with E-state index < -0.39 is 0 Å². The second-order valence-electron chi connectivity index (χ2n) is 2.94. The standard InChI is InChI=1S/C11H10ClNO2/c1-3-15-10-5-8(6-13)4-9(7(2)14)11(10)12/h4-5H,3H2,1-2H3. The molecule has 3 nitrogen and oxygen atoms in total. The maximum Gasteiger partial charge on any atom is 0.161 e. The number of carbonyl (C=O) groups excluding carboxylic acids is 1. The molecular formula is C11H10ClNO2. The lowest BCUT2D eigenvalue weighted by atomic mass is 10.1. The molecule has 0 atom stereocenters. The third-order valence-corrected chi connectivity index (χ3v) is 2.24. The zero-order chi connectivity index (χ0) is 11.4. The van der Waals surface area contributed by atoms with E-state index >= 15 is 0 Å². The molecule has 0 saturated heterocycles. The summed E-state index contributed by atoms with van der Waals surface area (Å²) in [6, 6.07) is 4.95. The number of halogens is 1. The summed E-state index contributed by atoms with van der Waals surface area (Å²) in [5, 5.41) is 9.03. The smallest absolute Gasteiger partial charge is 0.161 e. The quantitative estimate of drug-likeness (QED) is 0.741. The molecule has 0 fully saturated rings. The lowest BCUT2D eigenvalue weighted by molar-refractivity contribution is 0.101. The number of rotatable bonds is 3. The van der Waals surface area contributed by atoms with E-state index in [-0.39, 0.29) is 10.8 Å². The SMILES string of the molecule is CCOc1cc(C#N)cc(C(C)=O)c1Cl. The number of nitriles is 1. The van der Waals surface area contributed by atoms with Crippen LogP contribution in [0.2, 0.25) is 5.02 Å². The molecule has 78 valence electrons. The predicted octanol–water partition coefficient (Wildman–Crippen LogP) is 2.81. The maximum atomic E-state index is 11.2. The molecule has 0 amide bonds. The van der Waals surface area contributed by atoms with Gasteiger partial charge in [-0.3, -0.25) is 4.79 Å². The van der Waals surface area contributed by atoms with Crippen LogP contribution >= 0.6 is 11.6 Å². The van der Waals surface area contributed by atoms with Crippen LogP contribution in [0.1, 0.15) is 29.8 Å². The molecule has 4 heteroatoms. The van der Waals surface area contributed by atoms with Crippen molar-refractivity contribution in [2.24, 2.45) is 0 Å². The van der Waals surface area contributed by atoms with E-state index in [1.165, 1.54) is 19.1 Å².